The quantitative estimate of drug-likeness (QED) is 0.145. The molecule has 2 N–H and O–H groups in total. The molecule has 0 radical (unpaired) electrons. The molecular weight excluding hydrogens is 436 g/mol. The lowest BCUT2D eigenvalue weighted by molar-refractivity contribution is 0.317. The van der Waals surface area contributed by atoms with Gasteiger partial charge in [0.1, 0.15) is 23.0 Å². The number of methoxy groups -OCH3 is 4. The fraction of sp³-hybridized carbons (Fsp3) is 0.462. The molecule has 0 aliphatic rings. The lowest BCUT2D eigenvalue weighted by Gasteiger charge is -2.12. The standard InChI is InChI=1S/C26H36N2O6/c1-31-19-13-15-25(33-3)21(17-19)23(27-29)11-9-7-5-6-8-10-12-24(28-30)22-18-20(32-2)14-16-26(22)34-4/h13-18,29-30H,5-12H2,1-4H3. The van der Waals surface area contributed by atoms with Gasteiger partial charge in [0.15, 0.2) is 0 Å². The first kappa shape index (κ1) is 26.8. The van der Waals surface area contributed by atoms with Gasteiger partial charge in [0.25, 0.3) is 0 Å². The van der Waals surface area contributed by atoms with E-state index in [0.717, 1.165) is 49.7 Å². The van der Waals surface area contributed by atoms with Crippen LogP contribution in [0.2, 0.25) is 0 Å². The average molecular weight is 473 g/mol. The SMILES string of the molecule is COc1ccc(OC)c(C(CCCCCCCCC(=NO)c2cc(OC)ccc2OC)=NO)c1. The van der Waals surface area contributed by atoms with Gasteiger partial charge in [-0.05, 0) is 62.1 Å². The van der Waals surface area contributed by atoms with E-state index in [4.69, 9.17) is 18.9 Å². The summed E-state index contributed by atoms with van der Waals surface area (Å²) in [7, 11) is 6.39. The highest BCUT2D eigenvalue weighted by Gasteiger charge is 2.14. The summed E-state index contributed by atoms with van der Waals surface area (Å²) in [5.74, 6) is 2.69. The van der Waals surface area contributed by atoms with Crippen LogP contribution < -0.4 is 18.9 Å². The molecule has 0 atom stereocenters. The van der Waals surface area contributed by atoms with Crippen molar-refractivity contribution in [2.75, 3.05) is 28.4 Å². The number of hydrogen-bond acceptors (Lipinski definition) is 8. The Morgan fingerprint density at radius 1 is 0.588 bits per heavy atom. The Labute approximate surface area is 201 Å². The molecular formula is C26H36N2O6. The second-order valence-electron chi connectivity index (χ2n) is 7.85. The van der Waals surface area contributed by atoms with E-state index < -0.39 is 0 Å². The molecule has 2 aromatic rings. The molecule has 0 fully saturated rings. The van der Waals surface area contributed by atoms with Crippen molar-refractivity contribution in [2.45, 2.75) is 51.4 Å². The topological polar surface area (TPSA) is 102 Å². The summed E-state index contributed by atoms with van der Waals surface area (Å²) in [5, 5.41) is 26.0. The second-order valence-corrected chi connectivity index (χ2v) is 7.85. The van der Waals surface area contributed by atoms with Crippen molar-refractivity contribution in [3.8, 4) is 23.0 Å². The van der Waals surface area contributed by atoms with Crippen LogP contribution in [0.5, 0.6) is 23.0 Å². The van der Waals surface area contributed by atoms with Gasteiger partial charge in [-0.25, -0.2) is 0 Å². The third kappa shape index (κ3) is 7.57. The van der Waals surface area contributed by atoms with E-state index >= 15 is 0 Å². The van der Waals surface area contributed by atoms with Crippen molar-refractivity contribution in [1.82, 2.24) is 0 Å². The molecule has 8 heteroatoms. The maximum atomic E-state index is 9.52. The lowest BCUT2D eigenvalue weighted by Crippen LogP contribution is -2.05. The Balaban J connectivity index is 1.76. The molecule has 8 nitrogen and oxygen atoms in total. The summed E-state index contributed by atoms with van der Waals surface area (Å²) in [6, 6.07) is 10.9. The molecule has 0 heterocycles. The van der Waals surface area contributed by atoms with Gasteiger partial charge in [-0.3, -0.25) is 0 Å². The molecule has 2 aromatic carbocycles. The van der Waals surface area contributed by atoms with Crippen LogP contribution in [0.15, 0.2) is 46.7 Å². The van der Waals surface area contributed by atoms with Gasteiger partial charge in [0.05, 0.1) is 39.9 Å². The molecule has 0 amide bonds. The summed E-state index contributed by atoms with van der Waals surface area (Å²) in [6.45, 7) is 0. The highest BCUT2D eigenvalue weighted by atomic mass is 16.5. The van der Waals surface area contributed by atoms with Crippen LogP contribution in [-0.2, 0) is 0 Å². The van der Waals surface area contributed by atoms with E-state index in [1.807, 2.05) is 36.4 Å². The maximum absolute atomic E-state index is 9.52. The zero-order valence-electron chi connectivity index (χ0n) is 20.5. The number of hydrogen-bond donors (Lipinski definition) is 2. The van der Waals surface area contributed by atoms with Gasteiger partial charge in [-0.1, -0.05) is 36.0 Å². The van der Waals surface area contributed by atoms with Crippen molar-refractivity contribution in [3.63, 3.8) is 0 Å². The van der Waals surface area contributed by atoms with Crippen LogP contribution in [0.3, 0.4) is 0 Å². The summed E-state index contributed by atoms with van der Waals surface area (Å²) in [4.78, 5) is 0. The van der Waals surface area contributed by atoms with E-state index in [1.165, 1.54) is 0 Å². The molecule has 0 spiro atoms. The lowest BCUT2D eigenvalue weighted by atomic mass is 10.00. The van der Waals surface area contributed by atoms with E-state index in [2.05, 4.69) is 10.3 Å². The number of ether oxygens (including phenoxy) is 4. The van der Waals surface area contributed by atoms with Crippen molar-refractivity contribution < 1.29 is 29.4 Å². The van der Waals surface area contributed by atoms with Gasteiger partial charge in [0, 0.05) is 11.1 Å². The zero-order valence-corrected chi connectivity index (χ0v) is 20.5. The van der Waals surface area contributed by atoms with Crippen molar-refractivity contribution >= 4 is 11.4 Å². The van der Waals surface area contributed by atoms with Gasteiger partial charge in [-0.2, -0.15) is 0 Å². The molecule has 0 aliphatic carbocycles. The number of oxime groups is 2. The van der Waals surface area contributed by atoms with Crippen LogP contribution in [0.4, 0.5) is 0 Å². The first-order chi connectivity index (χ1) is 16.6. The first-order valence-electron chi connectivity index (χ1n) is 11.5. The fourth-order valence-electron chi connectivity index (χ4n) is 3.85. The number of nitrogens with zero attached hydrogens (tertiary/aromatic N) is 2. The molecule has 186 valence electrons. The van der Waals surface area contributed by atoms with E-state index in [9.17, 15) is 10.4 Å². The Bertz CT molecular complexity index is 881. The highest BCUT2D eigenvalue weighted by molar-refractivity contribution is 6.03. The van der Waals surface area contributed by atoms with Crippen molar-refractivity contribution in [1.29, 1.82) is 0 Å². The molecule has 0 saturated heterocycles. The Morgan fingerprint density at radius 2 is 0.971 bits per heavy atom. The highest BCUT2D eigenvalue weighted by Crippen LogP contribution is 2.28. The molecule has 2 rings (SSSR count). The summed E-state index contributed by atoms with van der Waals surface area (Å²) in [6.07, 6.45) is 7.30. The number of benzene rings is 2. The summed E-state index contributed by atoms with van der Waals surface area (Å²) >= 11 is 0. The third-order valence-electron chi connectivity index (χ3n) is 5.75. The predicted molar refractivity (Wildman–Crippen MR) is 133 cm³/mol. The first-order valence-corrected chi connectivity index (χ1v) is 11.5. The molecule has 0 aliphatic heterocycles. The smallest absolute Gasteiger partial charge is 0.128 e. The normalized spacial score (nSPS) is 11.9. The molecule has 0 bridgehead atoms. The third-order valence-corrected chi connectivity index (χ3v) is 5.75. The van der Waals surface area contributed by atoms with Crippen LogP contribution >= 0.6 is 0 Å². The van der Waals surface area contributed by atoms with Crippen LogP contribution in [0.25, 0.3) is 0 Å². The van der Waals surface area contributed by atoms with Gasteiger partial charge < -0.3 is 29.4 Å². The molecule has 0 aromatic heterocycles. The van der Waals surface area contributed by atoms with E-state index in [1.54, 1.807) is 28.4 Å². The summed E-state index contributed by atoms with van der Waals surface area (Å²) < 4.78 is 21.4. The Kier molecular flexibility index (Phi) is 11.6. The monoisotopic (exact) mass is 472 g/mol. The zero-order chi connectivity index (χ0) is 24.8. The van der Waals surface area contributed by atoms with E-state index in [-0.39, 0.29) is 0 Å². The molecule has 0 saturated carbocycles. The van der Waals surface area contributed by atoms with Crippen molar-refractivity contribution in [2.24, 2.45) is 10.3 Å². The molecule has 0 unspecified atom stereocenters. The van der Waals surface area contributed by atoms with Crippen LogP contribution in [0.1, 0.15) is 62.5 Å². The molecule has 34 heavy (non-hydrogen) atoms. The number of unbranched alkanes of at least 4 members (excludes halogenated alkanes) is 5. The minimum atomic E-state index is 0.590. The van der Waals surface area contributed by atoms with Crippen molar-refractivity contribution in [3.05, 3.63) is 47.5 Å². The van der Waals surface area contributed by atoms with Crippen LogP contribution in [-0.4, -0.2) is 50.3 Å². The van der Waals surface area contributed by atoms with Gasteiger partial charge >= 0.3 is 0 Å². The second kappa shape index (κ2) is 14.7. The van der Waals surface area contributed by atoms with Gasteiger partial charge in [0.2, 0.25) is 0 Å². The minimum absolute atomic E-state index is 0.590. The van der Waals surface area contributed by atoms with E-state index in [0.29, 0.717) is 47.3 Å². The predicted octanol–water partition coefficient (Wildman–Crippen LogP) is 5.90. The Hall–Kier alpha value is -3.42. The summed E-state index contributed by atoms with van der Waals surface area (Å²) in [5.41, 5.74) is 2.67. The average Bonchev–Trinajstić information content (AvgIpc) is 2.89. The largest absolute Gasteiger partial charge is 0.497 e. The minimum Gasteiger partial charge on any atom is -0.497 e. The van der Waals surface area contributed by atoms with Gasteiger partial charge in [-0.15, -0.1) is 0 Å². The maximum Gasteiger partial charge on any atom is 0.128 e. The van der Waals surface area contributed by atoms with Crippen LogP contribution in [0, 0.1) is 0 Å². The number of rotatable bonds is 15. The Morgan fingerprint density at radius 3 is 1.29 bits per heavy atom. The fourth-order valence-corrected chi connectivity index (χ4v) is 3.85.